The van der Waals surface area contributed by atoms with E-state index in [2.05, 4.69) is 33.9 Å². The maximum atomic E-state index is 12.0. The van der Waals surface area contributed by atoms with Gasteiger partial charge in [-0.25, -0.2) is 0 Å². The molecule has 0 saturated heterocycles. The summed E-state index contributed by atoms with van der Waals surface area (Å²) in [6, 6.07) is 0. The zero-order chi connectivity index (χ0) is 18.8. The van der Waals surface area contributed by atoms with Gasteiger partial charge < -0.3 is 14.3 Å². The Morgan fingerprint density at radius 3 is 2.17 bits per heavy atom. The quantitative estimate of drug-likeness (QED) is 0.560. The largest absolute Gasteiger partial charge is 0.460 e. The first-order chi connectivity index (χ1) is 10.7. The Balaban J connectivity index is 2.67. The maximum Gasteiger partial charge on any atom is 0.306 e. The minimum Gasteiger partial charge on any atom is -0.460 e. The lowest BCUT2D eigenvalue weighted by Crippen LogP contribution is -2.44. The van der Waals surface area contributed by atoms with Crippen LogP contribution in [0.15, 0.2) is 0 Å². The van der Waals surface area contributed by atoms with E-state index in [1.807, 2.05) is 20.8 Å². The van der Waals surface area contributed by atoms with E-state index in [0.29, 0.717) is 18.3 Å². The SMILES string of the molecule is CC(C)(C)OC(=O)CCC1CC(CO)CC1O[Si](C)(C)C(C)(C)C. The highest BCUT2D eigenvalue weighted by atomic mass is 28.4. The Kier molecular flexibility index (Phi) is 7.10. The predicted molar refractivity (Wildman–Crippen MR) is 100 cm³/mol. The van der Waals surface area contributed by atoms with Crippen LogP contribution in [0.1, 0.15) is 67.2 Å². The third kappa shape index (κ3) is 6.49. The van der Waals surface area contributed by atoms with Gasteiger partial charge in [0.25, 0.3) is 0 Å². The minimum atomic E-state index is -1.85. The first-order valence-electron chi connectivity index (χ1n) is 9.25. The van der Waals surface area contributed by atoms with Gasteiger partial charge in [0.2, 0.25) is 0 Å². The normalized spacial score (nSPS) is 25.8. The minimum absolute atomic E-state index is 0.138. The van der Waals surface area contributed by atoms with Crippen molar-refractivity contribution in [1.29, 1.82) is 0 Å². The molecule has 0 aromatic carbocycles. The fourth-order valence-corrected chi connectivity index (χ4v) is 4.44. The van der Waals surface area contributed by atoms with E-state index in [1.165, 1.54) is 0 Å². The van der Waals surface area contributed by atoms with Gasteiger partial charge in [0.1, 0.15) is 5.60 Å². The van der Waals surface area contributed by atoms with Crippen LogP contribution in [0.25, 0.3) is 0 Å². The van der Waals surface area contributed by atoms with Crippen molar-refractivity contribution in [2.24, 2.45) is 11.8 Å². The van der Waals surface area contributed by atoms with Crippen LogP contribution in [0.3, 0.4) is 0 Å². The van der Waals surface area contributed by atoms with Crippen LogP contribution in [-0.4, -0.2) is 37.7 Å². The summed E-state index contributed by atoms with van der Waals surface area (Å²) in [7, 11) is -1.85. The highest BCUT2D eigenvalue weighted by Gasteiger charge is 2.43. The molecule has 1 N–H and O–H groups in total. The van der Waals surface area contributed by atoms with Crippen LogP contribution < -0.4 is 0 Å². The number of carbonyl (C=O) groups excluding carboxylic acids is 1. The number of hydrogen-bond donors (Lipinski definition) is 1. The molecule has 5 heteroatoms. The number of ether oxygens (including phenoxy) is 1. The second-order valence-corrected chi connectivity index (χ2v) is 14.6. The van der Waals surface area contributed by atoms with Gasteiger partial charge in [-0.15, -0.1) is 0 Å². The van der Waals surface area contributed by atoms with Crippen molar-refractivity contribution in [1.82, 2.24) is 0 Å². The van der Waals surface area contributed by atoms with Gasteiger partial charge in [0.15, 0.2) is 8.32 Å². The van der Waals surface area contributed by atoms with E-state index in [4.69, 9.17) is 9.16 Å². The van der Waals surface area contributed by atoms with Gasteiger partial charge in [-0.2, -0.15) is 0 Å². The lowest BCUT2D eigenvalue weighted by atomic mass is 9.98. The van der Waals surface area contributed by atoms with Crippen LogP contribution in [0.2, 0.25) is 18.1 Å². The Hall–Kier alpha value is -0.393. The molecular weight excluding hydrogens is 320 g/mol. The van der Waals surface area contributed by atoms with Crippen molar-refractivity contribution < 1.29 is 19.1 Å². The standard InChI is InChI=1S/C19H38O4Si/c1-18(2,3)22-17(21)10-9-15-11-14(13-20)12-16(15)23-24(7,8)19(4,5)6/h14-16,20H,9-13H2,1-8H3. The van der Waals surface area contributed by atoms with E-state index in [0.717, 1.165) is 19.3 Å². The van der Waals surface area contributed by atoms with Crippen LogP contribution in [0.5, 0.6) is 0 Å². The predicted octanol–water partition coefficient (Wildman–Crippen LogP) is 4.52. The zero-order valence-corrected chi connectivity index (χ0v) is 17.9. The second kappa shape index (κ2) is 7.88. The number of rotatable bonds is 6. The fraction of sp³-hybridized carbons (Fsp3) is 0.947. The molecular formula is C19H38O4Si. The molecule has 0 aromatic heterocycles. The molecule has 1 aliphatic carbocycles. The van der Waals surface area contributed by atoms with E-state index < -0.39 is 13.9 Å². The molecule has 0 aliphatic heterocycles. The molecule has 0 amide bonds. The third-order valence-electron chi connectivity index (χ3n) is 5.38. The average Bonchev–Trinajstić information content (AvgIpc) is 2.74. The molecule has 0 aromatic rings. The number of aliphatic hydroxyl groups is 1. The molecule has 24 heavy (non-hydrogen) atoms. The van der Waals surface area contributed by atoms with Crippen LogP contribution in [0.4, 0.5) is 0 Å². The summed E-state index contributed by atoms with van der Waals surface area (Å²) in [5, 5.41) is 9.72. The zero-order valence-electron chi connectivity index (χ0n) is 16.9. The lowest BCUT2D eigenvalue weighted by Gasteiger charge is -2.40. The summed E-state index contributed by atoms with van der Waals surface area (Å²) < 4.78 is 12.0. The van der Waals surface area contributed by atoms with E-state index in [9.17, 15) is 9.90 Å². The first-order valence-corrected chi connectivity index (χ1v) is 12.2. The lowest BCUT2D eigenvalue weighted by molar-refractivity contribution is -0.155. The summed E-state index contributed by atoms with van der Waals surface area (Å²) in [4.78, 5) is 12.0. The van der Waals surface area contributed by atoms with Crippen molar-refractivity contribution in [2.45, 2.75) is 97.1 Å². The van der Waals surface area contributed by atoms with E-state index >= 15 is 0 Å². The summed E-state index contributed by atoms with van der Waals surface area (Å²) in [6.45, 7) is 17.2. The van der Waals surface area contributed by atoms with Crippen LogP contribution in [-0.2, 0) is 14.0 Å². The molecule has 4 nitrogen and oxygen atoms in total. The Morgan fingerprint density at radius 2 is 1.71 bits per heavy atom. The van der Waals surface area contributed by atoms with E-state index in [-0.39, 0.29) is 23.7 Å². The fourth-order valence-electron chi connectivity index (χ4n) is 3.05. The van der Waals surface area contributed by atoms with Gasteiger partial charge in [-0.3, -0.25) is 4.79 Å². The molecule has 0 heterocycles. The van der Waals surface area contributed by atoms with Gasteiger partial charge in [0, 0.05) is 19.1 Å². The van der Waals surface area contributed by atoms with Gasteiger partial charge in [-0.05, 0) is 70.0 Å². The summed E-state index contributed by atoms with van der Waals surface area (Å²) in [6.07, 6.45) is 3.22. The molecule has 3 atom stereocenters. The van der Waals surface area contributed by atoms with Crippen LogP contribution >= 0.6 is 0 Å². The monoisotopic (exact) mass is 358 g/mol. The number of aliphatic hydroxyl groups excluding tert-OH is 1. The van der Waals surface area contributed by atoms with Gasteiger partial charge in [0.05, 0.1) is 0 Å². The van der Waals surface area contributed by atoms with Crippen molar-refractivity contribution in [3.63, 3.8) is 0 Å². The molecule has 0 bridgehead atoms. The molecule has 3 unspecified atom stereocenters. The van der Waals surface area contributed by atoms with Gasteiger partial charge in [-0.1, -0.05) is 20.8 Å². The molecule has 1 fully saturated rings. The molecule has 0 radical (unpaired) electrons. The van der Waals surface area contributed by atoms with Crippen molar-refractivity contribution >= 4 is 14.3 Å². The number of esters is 1. The maximum absolute atomic E-state index is 12.0. The Labute approximate surface area is 149 Å². The van der Waals surface area contributed by atoms with E-state index in [1.54, 1.807) is 0 Å². The Bertz CT molecular complexity index is 420. The second-order valence-electron chi connectivity index (χ2n) is 9.82. The summed E-state index contributed by atoms with van der Waals surface area (Å²) in [5.74, 6) is 0.494. The Morgan fingerprint density at radius 1 is 1.12 bits per heavy atom. The third-order valence-corrected chi connectivity index (χ3v) is 9.88. The van der Waals surface area contributed by atoms with Crippen LogP contribution in [0, 0.1) is 11.8 Å². The molecule has 1 rings (SSSR count). The molecule has 1 saturated carbocycles. The van der Waals surface area contributed by atoms with Gasteiger partial charge >= 0.3 is 5.97 Å². The number of carbonyl (C=O) groups is 1. The highest BCUT2D eigenvalue weighted by molar-refractivity contribution is 6.74. The summed E-state index contributed by atoms with van der Waals surface area (Å²) >= 11 is 0. The van der Waals surface area contributed by atoms with Crippen molar-refractivity contribution in [3.05, 3.63) is 0 Å². The summed E-state index contributed by atoms with van der Waals surface area (Å²) in [5.41, 5.74) is -0.433. The molecule has 1 aliphatic rings. The topological polar surface area (TPSA) is 55.8 Å². The first kappa shape index (κ1) is 21.6. The average molecular weight is 359 g/mol. The molecule has 142 valence electrons. The highest BCUT2D eigenvalue weighted by Crippen LogP contribution is 2.43. The van der Waals surface area contributed by atoms with Crippen molar-refractivity contribution in [2.75, 3.05) is 6.61 Å². The molecule has 0 spiro atoms. The van der Waals surface area contributed by atoms with Crippen molar-refractivity contribution in [3.8, 4) is 0 Å². The number of hydrogen-bond acceptors (Lipinski definition) is 4. The smallest absolute Gasteiger partial charge is 0.306 e.